The number of halogens is 1. The Kier molecular flexibility index (Phi) is 5.15. The Labute approximate surface area is 183 Å². The molecule has 2 aliphatic rings. The highest BCUT2D eigenvalue weighted by atomic mass is 19.1. The van der Waals surface area contributed by atoms with Crippen LogP contribution in [0.3, 0.4) is 0 Å². The van der Waals surface area contributed by atoms with Crippen LogP contribution < -0.4 is 38.8 Å². The molecular formula is C20H29FN8O3. The van der Waals surface area contributed by atoms with Crippen LogP contribution in [0.15, 0.2) is 9.59 Å². The van der Waals surface area contributed by atoms with Crippen LogP contribution >= 0.6 is 0 Å². The Morgan fingerprint density at radius 1 is 1.34 bits per heavy atom. The highest BCUT2D eigenvalue weighted by Crippen LogP contribution is 2.42. The summed E-state index contributed by atoms with van der Waals surface area (Å²) in [6.45, 7) is 6.84. The zero-order chi connectivity index (χ0) is 23.5. The second-order valence-electron chi connectivity index (χ2n) is 9.52. The summed E-state index contributed by atoms with van der Waals surface area (Å²) < 4.78 is 17.2. The summed E-state index contributed by atoms with van der Waals surface area (Å²) >= 11 is 0. The average molecular weight is 449 g/mol. The molecule has 2 aromatic heterocycles. The van der Waals surface area contributed by atoms with Gasteiger partial charge in [-0.1, -0.05) is 13.8 Å². The maximum Gasteiger partial charge on any atom is 0.350 e. The van der Waals surface area contributed by atoms with Gasteiger partial charge in [0.25, 0.3) is 0 Å². The largest absolute Gasteiger partial charge is 0.367 e. The molecule has 2 amide bonds. The first kappa shape index (κ1) is 22.1. The first-order valence-electron chi connectivity index (χ1n) is 10.6. The highest BCUT2D eigenvalue weighted by molar-refractivity contribution is 5.83. The van der Waals surface area contributed by atoms with Gasteiger partial charge in [0, 0.05) is 37.3 Å². The molecule has 2 aromatic rings. The van der Waals surface area contributed by atoms with Crippen molar-refractivity contribution in [2.24, 2.45) is 22.8 Å². The molecule has 1 aliphatic carbocycles. The predicted molar refractivity (Wildman–Crippen MR) is 118 cm³/mol. The zero-order valence-electron chi connectivity index (χ0n) is 18.4. The number of nitrogens with two attached hydrogens (primary N) is 3. The van der Waals surface area contributed by atoms with Crippen molar-refractivity contribution in [1.82, 2.24) is 19.5 Å². The van der Waals surface area contributed by atoms with E-state index in [0.29, 0.717) is 28.8 Å². The van der Waals surface area contributed by atoms with Gasteiger partial charge in [0.15, 0.2) is 5.52 Å². The molecule has 0 radical (unpaired) electrons. The van der Waals surface area contributed by atoms with Crippen LogP contribution in [0.25, 0.3) is 11.0 Å². The number of nitrogens with zero attached hydrogens (tertiary/aromatic N) is 4. The molecule has 0 bridgehead atoms. The van der Waals surface area contributed by atoms with Gasteiger partial charge in [-0.2, -0.15) is 9.07 Å². The minimum Gasteiger partial charge on any atom is -0.367 e. The van der Waals surface area contributed by atoms with E-state index in [1.807, 2.05) is 18.7 Å². The van der Waals surface area contributed by atoms with Gasteiger partial charge in [-0.3, -0.25) is 9.36 Å². The molecule has 1 aliphatic heterocycles. The number of nitrogens with one attached hydrogen (secondary N) is 1. The summed E-state index contributed by atoms with van der Waals surface area (Å²) in [5.41, 5.74) is 10.6. The van der Waals surface area contributed by atoms with Crippen LogP contribution in [0.1, 0.15) is 38.3 Å². The highest BCUT2D eigenvalue weighted by Gasteiger charge is 2.44. The summed E-state index contributed by atoms with van der Waals surface area (Å²) in [7, 11) is 0. The number of aromatic nitrogens is 3. The fraction of sp³-hybridized carbons (Fsp3) is 0.600. The van der Waals surface area contributed by atoms with Crippen LogP contribution in [-0.2, 0) is 0 Å². The molecule has 32 heavy (non-hydrogen) atoms. The van der Waals surface area contributed by atoms with E-state index >= 15 is 4.39 Å². The number of aryl methyl sites for hydroxylation is 1. The smallest absolute Gasteiger partial charge is 0.350 e. The third-order valence-corrected chi connectivity index (χ3v) is 6.69. The number of rotatable bonds is 5. The summed E-state index contributed by atoms with van der Waals surface area (Å²) in [5, 5.41) is 2.53. The number of urea groups is 1. The Bertz CT molecular complexity index is 1220. The fourth-order valence-corrected chi connectivity index (χ4v) is 4.95. The van der Waals surface area contributed by atoms with E-state index in [9.17, 15) is 14.4 Å². The van der Waals surface area contributed by atoms with Crippen molar-refractivity contribution in [2.75, 3.05) is 30.4 Å². The Morgan fingerprint density at radius 3 is 2.59 bits per heavy atom. The lowest BCUT2D eigenvalue weighted by Gasteiger charge is -2.30. The zero-order valence-corrected chi connectivity index (χ0v) is 18.4. The monoisotopic (exact) mass is 448 g/mol. The van der Waals surface area contributed by atoms with E-state index in [-0.39, 0.29) is 35.1 Å². The van der Waals surface area contributed by atoms with Crippen molar-refractivity contribution in [1.29, 1.82) is 0 Å². The van der Waals surface area contributed by atoms with Gasteiger partial charge in [0.1, 0.15) is 0 Å². The minimum absolute atomic E-state index is 0.0773. The molecule has 12 heteroatoms. The molecular weight excluding hydrogens is 419 g/mol. The van der Waals surface area contributed by atoms with Gasteiger partial charge >= 0.3 is 17.3 Å². The van der Waals surface area contributed by atoms with E-state index in [1.165, 1.54) is 4.57 Å². The number of hydrogen-bond acceptors (Lipinski definition) is 7. The van der Waals surface area contributed by atoms with Crippen molar-refractivity contribution < 1.29 is 9.18 Å². The number of anilines is 1. The first-order chi connectivity index (χ1) is 14.9. The number of carbonyl (C=O) groups excluding carboxylic acids is 1. The van der Waals surface area contributed by atoms with Crippen molar-refractivity contribution >= 4 is 22.8 Å². The molecule has 0 spiro atoms. The van der Waals surface area contributed by atoms with E-state index in [4.69, 9.17) is 17.3 Å². The molecule has 2 fully saturated rings. The van der Waals surface area contributed by atoms with E-state index in [2.05, 4.69) is 10.3 Å². The predicted octanol–water partition coefficient (Wildman–Crippen LogP) is -0.488. The lowest BCUT2D eigenvalue weighted by molar-refractivity contribution is 0.231. The van der Waals surface area contributed by atoms with Crippen LogP contribution in [-0.4, -0.2) is 45.9 Å². The molecule has 174 valence electrons. The summed E-state index contributed by atoms with van der Waals surface area (Å²) in [6.07, 6.45) is 1.56. The third-order valence-electron chi connectivity index (χ3n) is 6.69. The molecule has 1 saturated heterocycles. The van der Waals surface area contributed by atoms with E-state index in [0.717, 1.165) is 12.8 Å². The normalized spacial score (nSPS) is 21.2. The van der Waals surface area contributed by atoms with Crippen LogP contribution in [0.4, 0.5) is 14.9 Å². The van der Waals surface area contributed by atoms with E-state index < -0.39 is 29.3 Å². The molecule has 0 aromatic carbocycles. The number of fused-ring (bicyclic) bond motifs is 1. The second-order valence-corrected chi connectivity index (χ2v) is 9.52. The fourth-order valence-electron chi connectivity index (χ4n) is 4.95. The quantitative estimate of drug-likeness (QED) is 0.354. The second kappa shape index (κ2) is 7.47. The third kappa shape index (κ3) is 3.48. The van der Waals surface area contributed by atoms with Gasteiger partial charge in [-0.15, -0.1) is 0 Å². The van der Waals surface area contributed by atoms with Crippen molar-refractivity contribution in [2.45, 2.75) is 45.7 Å². The summed E-state index contributed by atoms with van der Waals surface area (Å²) in [5.74, 6) is 4.78. The lowest BCUT2D eigenvalue weighted by Crippen LogP contribution is -2.47. The Hall–Kier alpha value is -3.15. The van der Waals surface area contributed by atoms with E-state index in [1.54, 1.807) is 6.92 Å². The molecule has 2 unspecified atom stereocenters. The molecule has 3 heterocycles. The maximum absolute atomic E-state index is 15.3. The number of hydrogen-bond donors (Lipinski definition) is 4. The maximum atomic E-state index is 15.3. The number of pyridine rings is 1. The molecule has 11 nitrogen and oxygen atoms in total. The van der Waals surface area contributed by atoms with Gasteiger partial charge < -0.3 is 27.5 Å². The number of nitrogen functional groups attached to an aromatic ring is 1. The molecule has 4 rings (SSSR count). The standard InChI is InChI=1S/C20H29FN8O3/c1-9-14-13(17(30)29(24)19(32)28(14)10-4-5-10)26-16(21)15(9)27-7-11(20(2,3)8-27)12(22)6-25-18(23)31/h10-12H,4-8,22,24H2,1-3H3,(H3,23,25,31). The summed E-state index contributed by atoms with van der Waals surface area (Å²) in [4.78, 5) is 42.2. The molecule has 7 N–H and O–H groups in total. The SMILES string of the molecule is Cc1c(N2CC(C(N)CNC(N)=O)C(C)(C)C2)c(F)nc2c(=O)n(N)c(=O)n(C3CC3)c12. The minimum atomic E-state index is -0.824. The number of carbonyl (C=O) groups is 1. The van der Waals surface area contributed by atoms with Crippen molar-refractivity contribution in [3.8, 4) is 0 Å². The van der Waals surface area contributed by atoms with Gasteiger partial charge in [-0.05, 0) is 31.1 Å². The Morgan fingerprint density at radius 2 is 2.00 bits per heavy atom. The van der Waals surface area contributed by atoms with Crippen LogP contribution in [0, 0.1) is 24.2 Å². The van der Waals surface area contributed by atoms with Gasteiger partial charge in [-0.25, -0.2) is 14.6 Å². The summed E-state index contributed by atoms with van der Waals surface area (Å²) in [6, 6.07) is -1.14. The topological polar surface area (TPSA) is 167 Å². The molecule has 2 atom stereocenters. The van der Waals surface area contributed by atoms with Crippen molar-refractivity contribution in [3.63, 3.8) is 0 Å². The molecule has 1 saturated carbocycles. The van der Waals surface area contributed by atoms with Gasteiger partial charge in [0.05, 0.1) is 11.2 Å². The number of amides is 2. The van der Waals surface area contributed by atoms with Gasteiger partial charge in [0.2, 0.25) is 5.95 Å². The van der Waals surface area contributed by atoms with Crippen molar-refractivity contribution in [3.05, 3.63) is 32.3 Å². The number of primary amides is 1. The Balaban J connectivity index is 1.81. The average Bonchev–Trinajstić information content (AvgIpc) is 3.48. The van der Waals surface area contributed by atoms with Crippen LogP contribution in [0.5, 0.6) is 0 Å². The lowest BCUT2D eigenvalue weighted by atomic mass is 9.78. The van der Waals surface area contributed by atoms with Crippen LogP contribution in [0.2, 0.25) is 0 Å². The first-order valence-corrected chi connectivity index (χ1v) is 10.6.